The van der Waals surface area contributed by atoms with Crippen LogP contribution in [-0.4, -0.2) is 27.1 Å². The van der Waals surface area contributed by atoms with Gasteiger partial charge in [-0.1, -0.05) is 36.4 Å². The number of carbonyl (C=O) groups excluding carboxylic acids is 1. The molecule has 1 aromatic heterocycles. The maximum absolute atomic E-state index is 12.6. The molecule has 4 nitrogen and oxygen atoms in total. The monoisotopic (exact) mass is 359 g/mol. The van der Waals surface area contributed by atoms with Gasteiger partial charge in [0.25, 0.3) is 0 Å². The highest BCUT2D eigenvalue weighted by atomic mass is 16.2. The van der Waals surface area contributed by atoms with Crippen molar-refractivity contribution >= 4 is 5.91 Å². The maximum atomic E-state index is 12.6. The van der Waals surface area contributed by atoms with E-state index in [0.29, 0.717) is 6.42 Å². The van der Waals surface area contributed by atoms with Crippen LogP contribution in [0.25, 0.3) is 5.69 Å². The quantitative estimate of drug-likeness (QED) is 0.706. The van der Waals surface area contributed by atoms with Gasteiger partial charge in [0.1, 0.15) is 0 Å². The summed E-state index contributed by atoms with van der Waals surface area (Å²) in [4.78, 5) is 14.6. The Balaban J connectivity index is 1.36. The Hall–Kier alpha value is -2.88. The number of hydrogen-bond acceptors (Lipinski definition) is 2. The Morgan fingerprint density at radius 1 is 1.04 bits per heavy atom. The molecule has 138 valence electrons. The summed E-state index contributed by atoms with van der Waals surface area (Å²) in [6, 6.07) is 18.9. The average Bonchev–Trinajstić information content (AvgIpc) is 3.04. The Kier molecular flexibility index (Phi) is 4.80. The highest BCUT2D eigenvalue weighted by Crippen LogP contribution is 2.20. The standard InChI is InChI=1S/C23H25N3O/c1-17-15-18(2)26(24-17)22-10-7-19(8-11-22)9-12-23(27)25-14-13-20-5-3-4-6-21(20)16-25/h3-8,10-11,15H,9,12-14,16H2,1-2H3. The first kappa shape index (κ1) is 17.5. The van der Waals surface area contributed by atoms with Gasteiger partial charge in [-0.15, -0.1) is 0 Å². The lowest BCUT2D eigenvalue weighted by Gasteiger charge is -2.29. The van der Waals surface area contributed by atoms with Crippen LogP contribution in [-0.2, 0) is 24.2 Å². The van der Waals surface area contributed by atoms with Gasteiger partial charge in [-0.05, 0) is 61.6 Å². The van der Waals surface area contributed by atoms with Gasteiger partial charge < -0.3 is 4.90 Å². The third kappa shape index (κ3) is 3.80. The number of benzene rings is 2. The van der Waals surface area contributed by atoms with Crippen LogP contribution in [0.5, 0.6) is 0 Å². The molecule has 2 heterocycles. The van der Waals surface area contributed by atoms with Crippen molar-refractivity contribution in [3.05, 3.63) is 82.7 Å². The average molecular weight is 359 g/mol. The SMILES string of the molecule is Cc1cc(C)n(-c2ccc(CCC(=O)N3CCc4ccccc4C3)cc2)n1. The first-order chi connectivity index (χ1) is 13.1. The van der Waals surface area contributed by atoms with Gasteiger partial charge >= 0.3 is 0 Å². The second-order valence-electron chi connectivity index (χ2n) is 7.34. The molecule has 0 saturated heterocycles. The number of hydrogen-bond donors (Lipinski definition) is 0. The van der Waals surface area contributed by atoms with E-state index in [4.69, 9.17) is 0 Å². The molecule has 1 aliphatic heterocycles. The molecular weight excluding hydrogens is 334 g/mol. The minimum Gasteiger partial charge on any atom is -0.338 e. The minimum atomic E-state index is 0.243. The third-order valence-electron chi connectivity index (χ3n) is 5.30. The second-order valence-corrected chi connectivity index (χ2v) is 7.34. The highest BCUT2D eigenvalue weighted by molar-refractivity contribution is 5.76. The first-order valence-corrected chi connectivity index (χ1v) is 9.57. The van der Waals surface area contributed by atoms with Gasteiger partial charge in [-0.2, -0.15) is 5.10 Å². The number of fused-ring (bicyclic) bond motifs is 1. The molecule has 4 rings (SSSR count). The highest BCUT2D eigenvalue weighted by Gasteiger charge is 2.19. The van der Waals surface area contributed by atoms with E-state index in [9.17, 15) is 4.79 Å². The molecule has 1 aliphatic rings. The Morgan fingerprint density at radius 2 is 1.78 bits per heavy atom. The summed E-state index contributed by atoms with van der Waals surface area (Å²) in [5.74, 6) is 0.243. The lowest BCUT2D eigenvalue weighted by molar-refractivity contribution is -0.132. The molecule has 0 N–H and O–H groups in total. The normalized spacial score (nSPS) is 13.5. The van der Waals surface area contributed by atoms with Crippen LogP contribution in [0.2, 0.25) is 0 Å². The topological polar surface area (TPSA) is 38.1 Å². The van der Waals surface area contributed by atoms with Crippen LogP contribution in [0.1, 0.15) is 34.5 Å². The van der Waals surface area contributed by atoms with Crippen molar-refractivity contribution in [3.8, 4) is 5.69 Å². The molecule has 0 radical (unpaired) electrons. The number of rotatable bonds is 4. The molecule has 0 bridgehead atoms. The lowest BCUT2D eigenvalue weighted by Crippen LogP contribution is -2.36. The predicted octanol–water partition coefficient (Wildman–Crippen LogP) is 4.01. The molecule has 4 heteroatoms. The largest absolute Gasteiger partial charge is 0.338 e. The molecular formula is C23H25N3O. The molecule has 27 heavy (non-hydrogen) atoms. The molecule has 0 saturated carbocycles. The summed E-state index contributed by atoms with van der Waals surface area (Å²) in [6.45, 7) is 5.63. The zero-order valence-corrected chi connectivity index (χ0v) is 16.0. The summed E-state index contributed by atoms with van der Waals surface area (Å²) in [7, 11) is 0. The van der Waals surface area contributed by atoms with E-state index in [-0.39, 0.29) is 5.91 Å². The van der Waals surface area contributed by atoms with E-state index < -0.39 is 0 Å². The Bertz CT molecular complexity index is 956. The fourth-order valence-electron chi connectivity index (χ4n) is 3.81. The van der Waals surface area contributed by atoms with E-state index in [2.05, 4.69) is 66.6 Å². The van der Waals surface area contributed by atoms with Gasteiger partial charge in [-0.3, -0.25) is 4.79 Å². The van der Waals surface area contributed by atoms with Gasteiger partial charge in [0, 0.05) is 25.2 Å². The van der Waals surface area contributed by atoms with Crippen LogP contribution in [0.3, 0.4) is 0 Å². The lowest BCUT2D eigenvalue weighted by atomic mass is 9.99. The molecule has 2 aromatic carbocycles. The molecule has 1 amide bonds. The summed E-state index contributed by atoms with van der Waals surface area (Å²) >= 11 is 0. The predicted molar refractivity (Wildman–Crippen MR) is 107 cm³/mol. The van der Waals surface area contributed by atoms with Gasteiger partial charge in [0.15, 0.2) is 0 Å². The van der Waals surface area contributed by atoms with Crippen molar-refractivity contribution in [2.45, 2.75) is 39.7 Å². The first-order valence-electron chi connectivity index (χ1n) is 9.57. The summed E-state index contributed by atoms with van der Waals surface area (Å²) in [5.41, 5.74) is 7.05. The van der Waals surface area contributed by atoms with Crippen molar-refractivity contribution in [3.63, 3.8) is 0 Å². The smallest absolute Gasteiger partial charge is 0.223 e. The molecule has 0 unspecified atom stereocenters. The van der Waals surface area contributed by atoms with E-state index in [1.807, 2.05) is 16.5 Å². The Morgan fingerprint density at radius 3 is 2.48 bits per heavy atom. The fourth-order valence-corrected chi connectivity index (χ4v) is 3.81. The molecule has 0 aliphatic carbocycles. The third-order valence-corrected chi connectivity index (χ3v) is 5.30. The summed E-state index contributed by atoms with van der Waals surface area (Å²) in [6.07, 6.45) is 2.29. The second kappa shape index (κ2) is 7.39. The van der Waals surface area contributed by atoms with Gasteiger partial charge in [0.05, 0.1) is 11.4 Å². The van der Waals surface area contributed by atoms with Crippen molar-refractivity contribution in [1.29, 1.82) is 0 Å². The summed E-state index contributed by atoms with van der Waals surface area (Å²) < 4.78 is 1.95. The molecule has 3 aromatic rings. The van der Waals surface area contributed by atoms with Crippen molar-refractivity contribution in [1.82, 2.24) is 14.7 Å². The summed E-state index contributed by atoms with van der Waals surface area (Å²) in [5, 5.41) is 4.52. The van der Waals surface area contributed by atoms with E-state index in [1.165, 1.54) is 16.7 Å². The van der Waals surface area contributed by atoms with E-state index >= 15 is 0 Å². The number of aromatic nitrogens is 2. The van der Waals surface area contributed by atoms with Crippen LogP contribution in [0.15, 0.2) is 54.6 Å². The van der Waals surface area contributed by atoms with E-state index in [1.54, 1.807) is 0 Å². The van der Waals surface area contributed by atoms with Crippen LogP contribution < -0.4 is 0 Å². The van der Waals surface area contributed by atoms with Crippen LogP contribution in [0.4, 0.5) is 0 Å². The number of aryl methyl sites for hydroxylation is 3. The minimum absolute atomic E-state index is 0.243. The van der Waals surface area contributed by atoms with Gasteiger partial charge in [0.2, 0.25) is 5.91 Å². The van der Waals surface area contributed by atoms with E-state index in [0.717, 1.165) is 43.0 Å². The zero-order valence-electron chi connectivity index (χ0n) is 16.0. The number of nitrogens with zero attached hydrogens (tertiary/aromatic N) is 3. The van der Waals surface area contributed by atoms with Gasteiger partial charge in [-0.25, -0.2) is 4.68 Å². The maximum Gasteiger partial charge on any atom is 0.223 e. The fraction of sp³-hybridized carbons (Fsp3) is 0.304. The number of carbonyl (C=O) groups is 1. The van der Waals surface area contributed by atoms with Crippen molar-refractivity contribution in [2.75, 3.05) is 6.54 Å². The molecule has 0 atom stereocenters. The Labute approximate surface area is 160 Å². The zero-order chi connectivity index (χ0) is 18.8. The van der Waals surface area contributed by atoms with Crippen molar-refractivity contribution < 1.29 is 4.79 Å². The number of amides is 1. The van der Waals surface area contributed by atoms with Crippen LogP contribution in [0, 0.1) is 13.8 Å². The van der Waals surface area contributed by atoms with Crippen molar-refractivity contribution in [2.24, 2.45) is 0 Å². The molecule has 0 spiro atoms. The van der Waals surface area contributed by atoms with Crippen LogP contribution >= 0.6 is 0 Å². The molecule has 0 fully saturated rings.